The van der Waals surface area contributed by atoms with E-state index in [1.165, 1.54) is 23.4 Å². The summed E-state index contributed by atoms with van der Waals surface area (Å²) in [7, 11) is 0. The van der Waals surface area contributed by atoms with Gasteiger partial charge in [0.05, 0.1) is 18.8 Å². The highest BCUT2D eigenvalue weighted by atomic mass is 19.1. The zero-order valence-electron chi connectivity index (χ0n) is 14.5. The van der Waals surface area contributed by atoms with Crippen LogP contribution >= 0.6 is 0 Å². The van der Waals surface area contributed by atoms with E-state index in [9.17, 15) is 9.50 Å². The number of halogens is 1. The van der Waals surface area contributed by atoms with Gasteiger partial charge >= 0.3 is 0 Å². The van der Waals surface area contributed by atoms with E-state index < -0.39 is 5.60 Å². The van der Waals surface area contributed by atoms with Gasteiger partial charge in [-0.1, -0.05) is 30.3 Å². The average molecular weight is 344 g/mol. The topological polar surface area (TPSA) is 44.7 Å². The van der Waals surface area contributed by atoms with Gasteiger partial charge in [0.25, 0.3) is 0 Å². The Morgan fingerprint density at radius 2 is 1.80 bits per heavy atom. The maximum atomic E-state index is 13.1. The first-order valence-corrected chi connectivity index (χ1v) is 8.66. The standard InChI is InChI=1S/C20H25FN2O2/c1-20(24,17-6-8-18(21)9-7-17)15-22-14-16-4-2-3-5-19(16)23-10-12-25-13-11-23/h2-9,22,24H,10-15H2,1H3. The van der Waals surface area contributed by atoms with Gasteiger partial charge < -0.3 is 20.1 Å². The molecule has 1 unspecified atom stereocenters. The molecule has 1 atom stereocenters. The fraction of sp³-hybridized carbons (Fsp3) is 0.400. The second-order valence-electron chi connectivity index (χ2n) is 6.61. The number of morpholine rings is 1. The van der Waals surface area contributed by atoms with Crippen molar-refractivity contribution in [2.45, 2.75) is 19.1 Å². The van der Waals surface area contributed by atoms with Gasteiger partial charge in [-0.15, -0.1) is 0 Å². The summed E-state index contributed by atoms with van der Waals surface area (Å²) in [6, 6.07) is 14.3. The Labute approximate surface area is 148 Å². The van der Waals surface area contributed by atoms with Gasteiger partial charge in [0.1, 0.15) is 5.82 Å². The molecule has 4 nitrogen and oxygen atoms in total. The van der Waals surface area contributed by atoms with Crippen molar-refractivity contribution in [2.75, 3.05) is 37.7 Å². The summed E-state index contributed by atoms with van der Waals surface area (Å²) < 4.78 is 18.5. The summed E-state index contributed by atoms with van der Waals surface area (Å²) in [6.45, 7) is 6.07. The highest BCUT2D eigenvalue weighted by Gasteiger charge is 2.23. The second-order valence-corrected chi connectivity index (χ2v) is 6.61. The van der Waals surface area contributed by atoms with Crippen LogP contribution in [0.5, 0.6) is 0 Å². The minimum atomic E-state index is -1.05. The zero-order valence-corrected chi connectivity index (χ0v) is 14.5. The minimum Gasteiger partial charge on any atom is -0.384 e. The maximum absolute atomic E-state index is 13.1. The van der Waals surface area contributed by atoms with Crippen LogP contribution in [0.2, 0.25) is 0 Å². The van der Waals surface area contributed by atoms with Crippen LogP contribution in [0, 0.1) is 5.82 Å². The van der Waals surface area contributed by atoms with E-state index in [1.54, 1.807) is 19.1 Å². The quantitative estimate of drug-likeness (QED) is 0.846. The molecule has 1 aliphatic heterocycles. The van der Waals surface area contributed by atoms with Gasteiger partial charge in [-0.3, -0.25) is 0 Å². The van der Waals surface area contributed by atoms with Crippen LogP contribution in [0.15, 0.2) is 48.5 Å². The Morgan fingerprint density at radius 1 is 1.12 bits per heavy atom. The Kier molecular flexibility index (Phi) is 5.68. The highest BCUT2D eigenvalue weighted by Crippen LogP contribution is 2.23. The molecule has 2 N–H and O–H groups in total. The maximum Gasteiger partial charge on any atom is 0.123 e. The molecule has 1 fully saturated rings. The van der Waals surface area contributed by atoms with E-state index in [0.29, 0.717) is 18.7 Å². The first-order valence-electron chi connectivity index (χ1n) is 8.66. The molecule has 0 amide bonds. The molecule has 0 aliphatic carbocycles. The van der Waals surface area contributed by atoms with Crippen molar-refractivity contribution in [3.05, 3.63) is 65.5 Å². The molecule has 3 rings (SSSR count). The number of benzene rings is 2. The Morgan fingerprint density at radius 3 is 2.52 bits per heavy atom. The van der Waals surface area contributed by atoms with Crippen molar-refractivity contribution < 1.29 is 14.2 Å². The van der Waals surface area contributed by atoms with E-state index in [4.69, 9.17) is 4.74 Å². The first kappa shape index (κ1) is 17.9. The average Bonchev–Trinajstić information content (AvgIpc) is 2.63. The van der Waals surface area contributed by atoms with E-state index in [2.05, 4.69) is 22.3 Å². The summed E-state index contributed by atoms with van der Waals surface area (Å²) in [5.41, 5.74) is 2.05. The number of ether oxygens (including phenoxy) is 1. The van der Waals surface area contributed by atoms with Gasteiger partial charge in [-0.25, -0.2) is 4.39 Å². The molecule has 1 heterocycles. The lowest BCUT2D eigenvalue weighted by atomic mass is 9.96. The molecule has 1 aliphatic rings. The number of aliphatic hydroxyl groups is 1. The van der Waals surface area contributed by atoms with Crippen molar-refractivity contribution in [3.8, 4) is 0 Å². The lowest BCUT2D eigenvalue weighted by molar-refractivity contribution is 0.0566. The second kappa shape index (κ2) is 7.95. The lowest BCUT2D eigenvalue weighted by Gasteiger charge is -2.31. The molecule has 5 heteroatoms. The van der Waals surface area contributed by atoms with E-state index in [1.807, 2.05) is 12.1 Å². The van der Waals surface area contributed by atoms with Crippen LogP contribution in [-0.4, -0.2) is 38.0 Å². The van der Waals surface area contributed by atoms with E-state index >= 15 is 0 Å². The highest BCUT2D eigenvalue weighted by molar-refractivity contribution is 5.53. The van der Waals surface area contributed by atoms with Crippen molar-refractivity contribution >= 4 is 5.69 Å². The predicted octanol–water partition coefficient (Wildman–Crippen LogP) is 2.66. The number of hydrogen-bond acceptors (Lipinski definition) is 4. The minimum absolute atomic E-state index is 0.299. The molecular formula is C20H25FN2O2. The summed E-state index contributed by atoms with van der Waals surface area (Å²) in [6.07, 6.45) is 0. The normalized spacial score (nSPS) is 17.3. The predicted molar refractivity (Wildman–Crippen MR) is 97.2 cm³/mol. The monoisotopic (exact) mass is 344 g/mol. The van der Waals surface area contributed by atoms with Crippen molar-refractivity contribution in [2.24, 2.45) is 0 Å². The summed E-state index contributed by atoms with van der Waals surface area (Å²) in [4.78, 5) is 2.33. The van der Waals surface area contributed by atoms with Crippen molar-refractivity contribution in [1.29, 1.82) is 0 Å². The third-order valence-electron chi connectivity index (χ3n) is 4.59. The fourth-order valence-corrected chi connectivity index (χ4v) is 3.12. The number of anilines is 1. The van der Waals surface area contributed by atoms with Gasteiger partial charge in [0, 0.05) is 31.9 Å². The molecule has 2 aromatic rings. The van der Waals surface area contributed by atoms with Crippen LogP contribution in [0.4, 0.5) is 10.1 Å². The smallest absolute Gasteiger partial charge is 0.123 e. The Balaban J connectivity index is 1.62. The fourth-order valence-electron chi connectivity index (χ4n) is 3.12. The molecule has 0 aromatic heterocycles. The molecule has 0 bridgehead atoms. The number of nitrogens with zero attached hydrogens (tertiary/aromatic N) is 1. The summed E-state index contributed by atoms with van der Waals surface area (Å²) >= 11 is 0. The Hall–Kier alpha value is -1.95. The number of nitrogens with one attached hydrogen (secondary N) is 1. The van der Waals surface area contributed by atoms with Gasteiger partial charge in [0.15, 0.2) is 0 Å². The summed E-state index contributed by atoms with van der Waals surface area (Å²) in [5, 5.41) is 14.0. The van der Waals surface area contributed by atoms with Crippen LogP contribution in [0.25, 0.3) is 0 Å². The lowest BCUT2D eigenvalue weighted by Crippen LogP contribution is -2.38. The number of rotatable bonds is 6. The first-order chi connectivity index (χ1) is 12.1. The summed E-state index contributed by atoms with van der Waals surface area (Å²) in [5.74, 6) is -0.299. The number of para-hydroxylation sites is 1. The molecule has 0 radical (unpaired) electrons. The van der Waals surface area contributed by atoms with Crippen LogP contribution in [-0.2, 0) is 16.9 Å². The largest absolute Gasteiger partial charge is 0.384 e. The molecule has 0 spiro atoms. The van der Waals surface area contributed by atoms with Crippen LogP contribution in [0.3, 0.4) is 0 Å². The molecular weight excluding hydrogens is 319 g/mol. The number of hydrogen-bond donors (Lipinski definition) is 2. The van der Waals surface area contributed by atoms with Crippen LogP contribution < -0.4 is 10.2 Å². The third kappa shape index (κ3) is 4.57. The van der Waals surface area contributed by atoms with Crippen molar-refractivity contribution in [3.63, 3.8) is 0 Å². The van der Waals surface area contributed by atoms with Crippen LogP contribution in [0.1, 0.15) is 18.1 Å². The Bertz CT molecular complexity index is 682. The molecule has 2 aromatic carbocycles. The zero-order chi connectivity index (χ0) is 17.7. The molecule has 25 heavy (non-hydrogen) atoms. The molecule has 134 valence electrons. The molecule has 0 saturated carbocycles. The van der Waals surface area contributed by atoms with E-state index in [-0.39, 0.29) is 5.82 Å². The van der Waals surface area contributed by atoms with Crippen molar-refractivity contribution in [1.82, 2.24) is 5.32 Å². The van der Waals surface area contributed by atoms with Gasteiger partial charge in [-0.2, -0.15) is 0 Å². The molecule has 1 saturated heterocycles. The van der Waals surface area contributed by atoms with Gasteiger partial charge in [-0.05, 0) is 36.2 Å². The van der Waals surface area contributed by atoms with Gasteiger partial charge in [0.2, 0.25) is 0 Å². The third-order valence-corrected chi connectivity index (χ3v) is 4.59. The SMILES string of the molecule is CC(O)(CNCc1ccccc1N1CCOCC1)c1ccc(F)cc1. The van der Waals surface area contributed by atoms with E-state index in [0.717, 1.165) is 26.3 Å².